The van der Waals surface area contributed by atoms with Crippen molar-refractivity contribution in [2.75, 3.05) is 53.6 Å². The first kappa shape index (κ1) is 62.7. The molecule has 0 spiro atoms. The monoisotopic (exact) mass is 1110 g/mol. The molecule has 0 atom stereocenters. The van der Waals surface area contributed by atoms with Crippen molar-refractivity contribution in [3.63, 3.8) is 0 Å². The number of hydrogen-bond acceptors (Lipinski definition) is 15. The summed E-state index contributed by atoms with van der Waals surface area (Å²) in [5.41, 5.74) is 6.28. The topological polar surface area (TPSA) is 167 Å². The van der Waals surface area contributed by atoms with E-state index in [1.807, 2.05) is 107 Å². The number of pyridine rings is 3. The van der Waals surface area contributed by atoms with E-state index in [2.05, 4.69) is 92.5 Å². The van der Waals surface area contributed by atoms with E-state index in [-0.39, 0.29) is 43.0 Å². The summed E-state index contributed by atoms with van der Waals surface area (Å²) in [7, 11) is 2.97. The second kappa shape index (κ2) is 28.3. The van der Waals surface area contributed by atoms with Gasteiger partial charge in [-0.25, -0.2) is 9.59 Å². The fourth-order valence-corrected chi connectivity index (χ4v) is 8.97. The Labute approximate surface area is 480 Å². The molecule has 1 N–H and O–H groups in total. The highest BCUT2D eigenvalue weighted by molar-refractivity contribution is 5.72. The van der Waals surface area contributed by atoms with Crippen LogP contribution in [-0.2, 0) is 63.1 Å². The maximum Gasteiger partial charge on any atom is 0.407 e. The van der Waals surface area contributed by atoms with Crippen molar-refractivity contribution in [3.05, 3.63) is 141 Å². The van der Waals surface area contributed by atoms with Gasteiger partial charge in [-0.2, -0.15) is 0 Å². The summed E-state index contributed by atoms with van der Waals surface area (Å²) in [6, 6.07) is 27.0. The normalized spacial score (nSPS) is 13.9. The lowest BCUT2D eigenvalue weighted by molar-refractivity contribution is -0.156. The van der Waals surface area contributed by atoms with Gasteiger partial charge in [0.25, 0.3) is 0 Å². The standard InChI is InChI=1S/C65H83N7O9/c1-62(2,3)44-71-38-51-31-48(19-17-47-22-26-57(27-23-47)79-43-60(74)77-14)30-50(67-51)36-70(42-59(73)80-64(7,8)9)37-54-34-58(78-29-15-28-66-61(75)81-65(10,11)12)35-55(69-54)41-72(45-63(4,5)6)40-53-33-49(32-52(39-71)68-53)18-16-46-20-24-56(76-13)25-21-46/h20-27,30-35H,15,28-29,36-45H2,1-14H3,(H,66,75). The first-order chi connectivity index (χ1) is 38.1. The van der Waals surface area contributed by atoms with E-state index in [0.717, 1.165) is 57.3 Å². The second-order valence-corrected chi connectivity index (χ2v) is 24.9. The van der Waals surface area contributed by atoms with Gasteiger partial charge in [-0.15, -0.1) is 0 Å². The molecule has 81 heavy (non-hydrogen) atoms. The Balaban J connectivity index is 1.49. The summed E-state index contributed by atoms with van der Waals surface area (Å²) >= 11 is 0. The third-order valence-electron chi connectivity index (χ3n) is 11.7. The van der Waals surface area contributed by atoms with Crippen molar-refractivity contribution in [3.8, 4) is 40.9 Å². The Morgan fingerprint density at radius 3 is 1.31 bits per heavy atom. The van der Waals surface area contributed by atoms with Gasteiger partial charge in [-0.05, 0) is 132 Å². The van der Waals surface area contributed by atoms with Crippen molar-refractivity contribution < 1.29 is 42.8 Å². The molecular weight excluding hydrogens is 1020 g/mol. The zero-order valence-corrected chi connectivity index (χ0v) is 50.1. The summed E-state index contributed by atoms with van der Waals surface area (Å²) in [5.74, 6) is 14.6. The van der Waals surface area contributed by atoms with Crippen LogP contribution in [0.5, 0.6) is 17.2 Å². The van der Waals surface area contributed by atoms with Crippen LogP contribution in [0.25, 0.3) is 0 Å². The smallest absolute Gasteiger partial charge is 0.407 e. The molecule has 0 saturated carbocycles. The minimum atomic E-state index is -0.720. The van der Waals surface area contributed by atoms with Crippen LogP contribution in [0.2, 0.25) is 0 Å². The second-order valence-electron chi connectivity index (χ2n) is 24.9. The lowest BCUT2D eigenvalue weighted by atomic mass is 9.95. The van der Waals surface area contributed by atoms with Crippen LogP contribution in [-0.4, -0.2) is 112 Å². The Bertz CT molecular complexity index is 3060. The van der Waals surface area contributed by atoms with Crippen LogP contribution in [0.1, 0.15) is 146 Å². The van der Waals surface area contributed by atoms with Crippen LogP contribution in [0.4, 0.5) is 4.79 Å². The first-order valence-corrected chi connectivity index (χ1v) is 27.6. The van der Waals surface area contributed by atoms with Crippen LogP contribution < -0.4 is 19.5 Å². The third kappa shape index (κ3) is 23.6. The highest BCUT2D eigenvalue weighted by atomic mass is 16.6. The van der Waals surface area contributed by atoms with Gasteiger partial charge >= 0.3 is 18.0 Å². The summed E-state index contributed by atoms with van der Waals surface area (Å²) in [6.45, 7) is 28.7. The molecule has 6 rings (SSSR count). The number of carbonyl (C=O) groups excluding carboxylic acids is 3. The molecule has 5 aromatic rings. The van der Waals surface area contributed by atoms with Gasteiger partial charge in [-0.1, -0.05) is 65.2 Å². The van der Waals surface area contributed by atoms with E-state index in [1.54, 1.807) is 19.2 Å². The van der Waals surface area contributed by atoms with Crippen molar-refractivity contribution >= 4 is 18.0 Å². The number of amides is 1. The summed E-state index contributed by atoms with van der Waals surface area (Å²) in [6.07, 6.45) is 0.0370. The van der Waals surface area contributed by atoms with Gasteiger partial charge < -0.3 is 33.7 Å². The number of esters is 2. The third-order valence-corrected chi connectivity index (χ3v) is 11.7. The van der Waals surface area contributed by atoms with Gasteiger partial charge in [0.1, 0.15) is 28.5 Å². The molecule has 4 heterocycles. The molecule has 0 aliphatic carbocycles. The van der Waals surface area contributed by atoms with Crippen LogP contribution >= 0.6 is 0 Å². The Morgan fingerprint density at radius 2 is 0.901 bits per heavy atom. The van der Waals surface area contributed by atoms with E-state index in [4.69, 9.17) is 43.4 Å². The zero-order chi connectivity index (χ0) is 59.0. The molecule has 0 fully saturated rings. The molecule has 1 aliphatic heterocycles. The average molecular weight is 1110 g/mol. The zero-order valence-electron chi connectivity index (χ0n) is 50.1. The first-order valence-electron chi connectivity index (χ1n) is 27.6. The predicted molar refractivity (Wildman–Crippen MR) is 313 cm³/mol. The molecule has 1 amide bonds. The molecule has 6 bridgehead atoms. The number of nitrogens with one attached hydrogen (secondary N) is 1. The minimum Gasteiger partial charge on any atom is -0.497 e. The number of aromatic nitrogens is 3. The quantitative estimate of drug-likeness (QED) is 0.0512. The molecule has 1 aliphatic rings. The predicted octanol–water partition coefficient (Wildman–Crippen LogP) is 10.3. The van der Waals surface area contributed by atoms with E-state index in [1.165, 1.54) is 7.11 Å². The maximum atomic E-state index is 13.9. The number of carbonyl (C=O) groups is 3. The van der Waals surface area contributed by atoms with Crippen molar-refractivity contribution in [1.82, 2.24) is 35.0 Å². The number of rotatable bonds is 13. The Kier molecular flexibility index (Phi) is 21.9. The number of methoxy groups -OCH3 is 2. The fraction of sp³-hybridized carbons (Fsp3) is 0.477. The molecule has 0 unspecified atom stereocenters. The highest BCUT2D eigenvalue weighted by Gasteiger charge is 2.25. The Hall–Kier alpha value is -7.50. The number of alkyl carbamates (subject to hydrolysis) is 1. The number of nitrogens with zero attached hydrogens (tertiary/aromatic N) is 6. The van der Waals surface area contributed by atoms with Crippen molar-refractivity contribution in [2.24, 2.45) is 10.8 Å². The van der Waals surface area contributed by atoms with E-state index < -0.39 is 23.3 Å². The highest BCUT2D eigenvalue weighted by Crippen LogP contribution is 2.26. The van der Waals surface area contributed by atoms with Crippen LogP contribution in [0.3, 0.4) is 0 Å². The largest absolute Gasteiger partial charge is 0.497 e. The molecule has 3 aromatic heterocycles. The summed E-state index contributed by atoms with van der Waals surface area (Å²) in [5, 5.41) is 2.82. The molecule has 0 saturated heterocycles. The summed E-state index contributed by atoms with van der Waals surface area (Å²) in [4.78, 5) is 60.8. The SMILES string of the molecule is COC(=O)COc1ccc(C#Cc2cc3nc(c2)CN(CC(C)(C)C)Cc2cc(C#Cc4ccc(OC)cc4)cc(n2)CN(CC(C)(C)C)Cc2cc(OCCCNC(=O)OC(C)(C)C)cc(n2)CN(CC(=O)OC(C)(C)C)C3)cc1. The van der Waals surface area contributed by atoms with E-state index in [9.17, 15) is 14.4 Å². The van der Waals surface area contributed by atoms with Crippen molar-refractivity contribution in [2.45, 2.75) is 140 Å². The van der Waals surface area contributed by atoms with Gasteiger partial charge in [0, 0.05) is 93.3 Å². The molecular formula is C65H83N7O9. The number of ether oxygens (including phenoxy) is 6. The summed E-state index contributed by atoms with van der Waals surface area (Å²) < 4.78 is 33.6. The van der Waals surface area contributed by atoms with Crippen molar-refractivity contribution in [1.29, 1.82) is 0 Å². The number of fused-ring (bicyclic) bond motifs is 6. The fourth-order valence-electron chi connectivity index (χ4n) is 8.97. The molecule has 16 nitrogen and oxygen atoms in total. The molecule has 432 valence electrons. The lowest BCUT2D eigenvalue weighted by Crippen LogP contribution is -2.35. The maximum absolute atomic E-state index is 13.9. The molecule has 16 heteroatoms. The average Bonchev–Trinajstić information content (AvgIpc) is 3.35. The van der Waals surface area contributed by atoms with E-state index >= 15 is 0 Å². The van der Waals surface area contributed by atoms with Gasteiger partial charge in [0.15, 0.2) is 6.61 Å². The van der Waals surface area contributed by atoms with Crippen LogP contribution in [0, 0.1) is 34.5 Å². The number of benzene rings is 2. The number of hydrogen-bond donors (Lipinski definition) is 1. The Morgan fingerprint density at radius 1 is 0.494 bits per heavy atom. The van der Waals surface area contributed by atoms with Gasteiger partial charge in [0.05, 0.1) is 61.5 Å². The van der Waals surface area contributed by atoms with Gasteiger partial charge in [-0.3, -0.25) is 34.4 Å². The molecule has 2 aromatic carbocycles. The minimum absolute atomic E-state index is 0.0523. The van der Waals surface area contributed by atoms with Crippen LogP contribution in [0.15, 0.2) is 84.9 Å². The van der Waals surface area contributed by atoms with E-state index in [0.29, 0.717) is 75.2 Å². The van der Waals surface area contributed by atoms with Gasteiger partial charge in [0.2, 0.25) is 0 Å². The molecule has 0 radical (unpaired) electrons. The lowest BCUT2D eigenvalue weighted by Gasteiger charge is -2.31.